The van der Waals surface area contributed by atoms with Crippen molar-refractivity contribution in [3.63, 3.8) is 0 Å². The van der Waals surface area contributed by atoms with Crippen molar-refractivity contribution in [1.29, 1.82) is 5.41 Å². The zero-order chi connectivity index (χ0) is 28.7. The molecule has 0 radical (unpaired) electrons. The van der Waals surface area contributed by atoms with Gasteiger partial charge < -0.3 is 20.4 Å². The van der Waals surface area contributed by atoms with Crippen LogP contribution in [0.1, 0.15) is 50.3 Å². The molecule has 4 rings (SSSR count). The summed E-state index contributed by atoms with van der Waals surface area (Å²) in [7, 11) is -3.88. The standard InChI is InChI=1S/C29H35N5O5S/c1-21(30)8-5-6-9-23-19-33(20-31-23)24-15-13-22(14-16-24)18-26(29(36)37)32-28(35)27-12-7-17-34(27)40(38,39)25-10-3-2-4-11-25/h2-4,10-11,13-16,19-20,26-27,30H,5-9,12,17-18H2,1H3,(H,32,35)(H,36,37)/t26?,27-/m0/s1. The van der Waals surface area contributed by atoms with Gasteiger partial charge in [0.25, 0.3) is 0 Å². The van der Waals surface area contributed by atoms with Gasteiger partial charge in [-0.3, -0.25) is 4.79 Å². The summed E-state index contributed by atoms with van der Waals surface area (Å²) in [6, 6.07) is 13.1. The first-order chi connectivity index (χ1) is 19.1. The number of benzene rings is 2. The summed E-state index contributed by atoms with van der Waals surface area (Å²) in [4.78, 5) is 29.7. The van der Waals surface area contributed by atoms with Gasteiger partial charge in [0.1, 0.15) is 12.1 Å². The SMILES string of the molecule is CC(=N)CCCCc1cn(-c2ccc(CC(NC(=O)[C@@H]3CCCN3S(=O)(=O)c3ccccc3)C(=O)O)cc2)cn1. The lowest BCUT2D eigenvalue weighted by atomic mass is 10.0. The number of nitrogens with one attached hydrogen (secondary N) is 2. The number of imidazole rings is 1. The predicted molar refractivity (Wildman–Crippen MR) is 151 cm³/mol. The fraction of sp³-hybridized carbons (Fsp3) is 0.379. The van der Waals surface area contributed by atoms with Crippen LogP contribution in [-0.2, 0) is 32.5 Å². The molecule has 0 saturated carbocycles. The Morgan fingerprint density at radius 2 is 1.85 bits per heavy atom. The summed E-state index contributed by atoms with van der Waals surface area (Å²) in [5.41, 5.74) is 3.25. The van der Waals surface area contributed by atoms with Gasteiger partial charge in [0.15, 0.2) is 0 Å². The highest BCUT2D eigenvalue weighted by Gasteiger charge is 2.40. The number of aromatic nitrogens is 2. The summed E-state index contributed by atoms with van der Waals surface area (Å²) in [6.45, 7) is 2.02. The molecule has 0 aliphatic carbocycles. The second kappa shape index (κ2) is 13.0. The van der Waals surface area contributed by atoms with Gasteiger partial charge in [-0.2, -0.15) is 4.31 Å². The van der Waals surface area contributed by atoms with E-state index < -0.39 is 34.0 Å². The number of carboxylic acid groups (broad SMARTS) is 1. The van der Waals surface area contributed by atoms with Gasteiger partial charge in [0.2, 0.25) is 15.9 Å². The lowest BCUT2D eigenvalue weighted by Gasteiger charge is -2.25. The highest BCUT2D eigenvalue weighted by Crippen LogP contribution is 2.26. The first-order valence-electron chi connectivity index (χ1n) is 13.4. The van der Waals surface area contributed by atoms with Gasteiger partial charge >= 0.3 is 5.97 Å². The molecule has 2 heterocycles. The summed E-state index contributed by atoms with van der Waals surface area (Å²) < 4.78 is 29.3. The monoisotopic (exact) mass is 565 g/mol. The minimum absolute atomic E-state index is 0.0567. The molecule has 1 fully saturated rings. The number of aliphatic carboxylic acids is 1. The highest BCUT2D eigenvalue weighted by molar-refractivity contribution is 7.89. The first kappa shape index (κ1) is 29.2. The molecule has 11 heteroatoms. The second-order valence-corrected chi connectivity index (χ2v) is 12.0. The van der Waals surface area contributed by atoms with E-state index in [4.69, 9.17) is 5.41 Å². The van der Waals surface area contributed by atoms with Crippen LogP contribution in [0.4, 0.5) is 0 Å². The Labute approximate surface area is 234 Å². The number of carboxylic acids is 1. The Kier molecular flexibility index (Phi) is 9.49. The van der Waals surface area contributed by atoms with Crippen molar-refractivity contribution in [2.45, 2.75) is 68.8 Å². The number of unbranched alkanes of at least 4 members (excludes halogenated alkanes) is 1. The van der Waals surface area contributed by atoms with Crippen molar-refractivity contribution in [3.8, 4) is 5.69 Å². The van der Waals surface area contributed by atoms with Crippen LogP contribution >= 0.6 is 0 Å². The Bertz CT molecular complexity index is 1440. The lowest BCUT2D eigenvalue weighted by molar-refractivity contribution is -0.142. The van der Waals surface area contributed by atoms with Crippen molar-refractivity contribution in [2.75, 3.05) is 6.54 Å². The van der Waals surface area contributed by atoms with Gasteiger partial charge in [-0.1, -0.05) is 30.3 Å². The topological polar surface area (TPSA) is 145 Å². The van der Waals surface area contributed by atoms with Crippen LogP contribution in [0.3, 0.4) is 0 Å². The van der Waals surface area contributed by atoms with Crippen LogP contribution in [0, 0.1) is 5.41 Å². The maximum Gasteiger partial charge on any atom is 0.326 e. The zero-order valence-electron chi connectivity index (χ0n) is 22.5. The average molecular weight is 566 g/mol. The average Bonchev–Trinajstić information content (AvgIpc) is 3.62. The third kappa shape index (κ3) is 7.22. The number of rotatable bonds is 13. The molecule has 2 atom stereocenters. The maximum atomic E-state index is 13.1. The fourth-order valence-corrected chi connectivity index (χ4v) is 6.53. The molecule has 212 valence electrons. The molecule has 0 bridgehead atoms. The van der Waals surface area contributed by atoms with Crippen molar-refractivity contribution in [3.05, 3.63) is 78.4 Å². The number of hydrogen-bond acceptors (Lipinski definition) is 6. The van der Waals surface area contributed by atoms with Crippen molar-refractivity contribution in [1.82, 2.24) is 19.2 Å². The van der Waals surface area contributed by atoms with Crippen molar-refractivity contribution < 1.29 is 23.1 Å². The number of aryl methyl sites for hydroxylation is 1. The van der Waals surface area contributed by atoms with Gasteiger partial charge in [-0.15, -0.1) is 0 Å². The van der Waals surface area contributed by atoms with Crippen molar-refractivity contribution >= 4 is 27.6 Å². The number of sulfonamides is 1. The first-order valence-corrected chi connectivity index (χ1v) is 14.9. The smallest absolute Gasteiger partial charge is 0.326 e. The van der Waals surface area contributed by atoms with Crippen LogP contribution in [0.25, 0.3) is 5.69 Å². The number of nitrogens with zero attached hydrogens (tertiary/aromatic N) is 3. The molecule has 1 aliphatic rings. The molecule has 3 aromatic rings. The van der Waals surface area contributed by atoms with Crippen LogP contribution in [0.5, 0.6) is 0 Å². The van der Waals surface area contributed by atoms with Gasteiger partial charge in [0.05, 0.1) is 16.9 Å². The molecule has 1 amide bonds. The summed E-state index contributed by atoms with van der Waals surface area (Å²) >= 11 is 0. The second-order valence-electron chi connectivity index (χ2n) is 10.1. The molecule has 40 heavy (non-hydrogen) atoms. The Morgan fingerprint density at radius 1 is 1.12 bits per heavy atom. The summed E-state index contributed by atoms with van der Waals surface area (Å²) in [5.74, 6) is -1.80. The predicted octanol–water partition coefficient (Wildman–Crippen LogP) is 3.59. The van der Waals surface area contributed by atoms with E-state index in [9.17, 15) is 23.1 Å². The highest BCUT2D eigenvalue weighted by atomic mass is 32.2. The Hall–Kier alpha value is -3.83. The Morgan fingerprint density at radius 3 is 2.52 bits per heavy atom. The van der Waals surface area contributed by atoms with Crippen LogP contribution < -0.4 is 5.32 Å². The van der Waals surface area contributed by atoms with E-state index in [1.807, 2.05) is 42.0 Å². The number of carbonyl (C=O) groups excluding carboxylic acids is 1. The molecule has 3 N–H and O–H groups in total. The molecule has 2 aromatic carbocycles. The molecule has 1 unspecified atom stereocenters. The number of carbonyl (C=O) groups is 2. The van der Waals surface area contributed by atoms with E-state index in [0.29, 0.717) is 18.6 Å². The third-order valence-electron chi connectivity index (χ3n) is 7.02. The molecule has 10 nitrogen and oxygen atoms in total. The van der Waals surface area contributed by atoms with E-state index in [1.54, 1.807) is 24.5 Å². The quantitative estimate of drug-likeness (QED) is 0.213. The fourth-order valence-electron chi connectivity index (χ4n) is 4.86. The van der Waals surface area contributed by atoms with Crippen LogP contribution in [0.2, 0.25) is 0 Å². The van der Waals surface area contributed by atoms with Crippen LogP contribution in [-0.4, -0.2) is 63.6 Å². The Balaban J connectivity index is 1.37. The summed E-state index contributed by atoms with van der Waals surface area (Å²) in [5, 5.41) is 19.9. The van der Waals surface area contributed by atoms with Crippen LogP contribution in [0.15, 0.2) is 72.0 Å². The van der Waals surface area contributed by atoms with E-state index >= 15 is 0 Å². The van der Waals surface area contributed by atoms with E-state index in [0.717, 1.165) is 42.6 Å². The molecular formula is C29H35N5O5S. The normalized spacial score (nSPS) is 16.5. The molecule has 1 aromatic heterocycles. The van der Waals surface area contributed by atoms with Gasteiger partial charge in [0, 0.05) is 30.6 Å². The van der Waals surface area contributed by atoms with E-state index in [-0.39, 0.29) is 17.9 Å². The van der Waals surface area contributed by atoms with Gasteiger partial charge in [-0.25, -0.2) is 18.2 Å². The van der Waals surface area contributed by atoms with E-state index in [1.165, 1.54) is 16.4 Å². The van der Waals surface area contributed by atoms with Crippen molar-refractivity contribution in [2.24, 2.45) is 0 Å². The lowest BCUT2D eigenvalue weighted by Crippen LogP contribution is -2.51. The minimum atomic E-state index is -3.88. The third-order valence-corrected chi connectivity index (χ3v) is 8.94. The molecular weight excluding hydrogens is 530 g/mol. The molecule has 1 aliphatic heterocycles. The molecule has 1 saturated heterocycles. The maximum absolute atomic E-state index is 13.1. The molecule has 0 spiro atoms. The van der Waals surface area contributed by atoms with Gasteiger partial charge in [-0.05, 0) is 75.3 Å². The zero-order valence-corrected chi connectivity index (χ0v) is 23.3. The minimum Gasteiger partial charge on any atom is -0.480 e. The van der Waals surface area contributed by atoms with E-state index in [2.05, 4.69) is 10.3 Å². The number of amides is 1. The summed E-state index contributed by atoms with van der Waals surface area (Å²) in [6.07, 6.45) is 8.16. The largest absolute Gasteiger partial charge is 0.480 e. The number of hydrogen-bond donors (Lipinski definition) is 3.